The number of halogens is 1. The first kappa shape index (κ1) is 6.16. The van der Waals surface area contributed by atoms with Gasteiger partial charge >= 0.3 is 0 Å². The Morgan fingerprint density at radius 2 is 2.33 bits per heavy atom. The summed E-state index contributed by atoms with van der Waals surface area (Å²) in [4.78, 5) is 10.3. The molecule has 0 aromatic carbocycles. The molecule has 0 aliphatic carbocycles. The average molecular weight is 146 g/mol. The zero-order valence-electron chi connectivity index (χ0n) is 4.43. The molecule has 3 nitrogen and oxygen atoms in total. The highest BCUT2D eigenvalue weighted by atomic mass is 35.5. The SMILES string of the molecule is NC(=O)c1ccc(Cl)o1. The lowest BCUT2D eigenvalue weighted by molar-refractivity contribution is 0.0974. The van der Waals surface area contributed by atoms with Crippen molar-refractivity contribution in [3.05, 3.63) is 23.1 Å². The summed E-state index contributed by atoms with van der Waals surface area (Å²) in [6.07, 6.45) is 0. The zero-order chi connectivity index (χ0) is 6.85. The Hall–Kier alpha value is -0.960. The molecular formula is C5H4ClNO2. The van der Waals surface area contributed by atoms with Crippen molar-refractivity contribution in [2.24, 2.45) is 5.73 Å². The lowest BCUT2D eigenvalue weighted by Crippen LogP contribution is -2.08. The number of carbonyl (C=O) groups is 1. The summed E-state index contributed by atoms with van der Waals surface area (Å²) in [7, 11) is 0. The van der Waals surface area contributed by atoms with E-state index in [9.17, 15) is 4.79 Å². The van der Waals surface area contributed by atoms with Gasteiger partial charge in [0.25, 0.3) is 5.91 Å². The number of carbonyl (C=O) groups excluding carboxylic acids is 1. The molecule has 0 aliphatic heterocycles. The quantitative estimate of drug-likeness (QED) is 0.642. The van der Waals surface area contributed by atoms with E-state index in [1.54, 1.807) is 0 Å². The Bertz CT molecular complexity index is 231. The van der Waals surface area contributed by atoms with Crippen LogP contribution in [0.1, 0.15) is 10.6 Å². The minimum Gasteiger partial charge on any atom is -0.440 e. The van der Waals surface area contributed by atoms with Crippen LogP contribution in [0, 0.1) is 0 Å². The van der Waals surface area contributed by atoms with Gasteiger partial charge < -0.3 is 10.2 Å². The minimum absolute atomic E-state index is 0.0833. The van der Waals surface area contributed by atoms with E-state index in [1.807, 2.05) is 0 Å². The van der Waals surface area contributed by atoms with E-state index >= 15 is 0 Å². The maximum Gasteiger partial charge on any atom is 0.284 e. The molecule has 0 unspecified atom stereocenters. The highest BCUT2D eigenvalue weighted by Crippen LogP contribution is 2.11. The van der Waals surface area contributed by atoms with Gasteiger partial charge in [-0.15, -0.1) is 0 Å². The van der Waals surface area contributed by atoms with Crippen LogP contribution < -0.4 is 5.73 Å². The number of hydrogen-bond donors (Lipinski definition) is 1. The molecule has 4 heteroatoms. The molecule has 1 rings (SSSR count). The van der Waals surface area contributed by atoms with Gasteiger partial charge in [-0.2, -0.15) is 0 Å². The van der Waals surface area contributed by atoms with Crippen molar-refractivity contribution in [2.75, 3.05) is 0 Å². The van der Waals surface area contributed by atoms with Crippen LogP contribution >= 0.6 is 11.6 Å². The fraction of sp³-hybridized carbons (Fsp3) is 0. The van der Waals surface area contributed by atoms with E-state index in [4.69, 9.17) is 17.3 Å². The van der Waals surface area contributed by atoms with E-state index in [-0.39, 0.29) is 11.0 Å². The fourth-order valence-corrected chi connectivity index (χ4v) is 0.593. The van der Waals surface area contributed by atoms with Crippen LogP contribution in [0.4, 0.5) is 0 Å². The smallest absolute Gasteiger partial charge is 0.284 e. The maximum atomic E-state index is 10.3. The Labute approximate surface area is 56.4 Å². The van der Waals surface area contributed by atoms with Gasteiger partial charge in [-0.25, -0.2) is 0 Å². The number of furan rings is 1. The van der Waals surface area contributed by atoms with Gasteiger partial charge in [0, 0.05) is 0 Å². The van der Waals surface area contributed by atoms with E-state index in [2.05, 4.69) is 4.42 Å². The van der Waals surface area contributed by atoms with Gasteiger partial charge in [-0.3, -0.25) is 4.79 Å². The summed E-state index contributed by atoms with van der Waals surface area (Å²) in [6.45, 7) is 0. The number of nitrogens with two attached hydrogens (primary N) is 1. The van der Waals surface area contributed by atoms with Crippen molar-refractivity contribution in [2.45, 2.75) is 0 Å². The molecule has 0 spiro atoms. The van der Waals surface area contributed by atoms with Gasteiger partial charge in [0.1, 0.15) is 0 Å². The van der Waals surface area contributed by atoms with Crippen molar-refractivity contribution in [1.82, 2.24) is 0 Å². The summed E-state index contributed by atoms with van der Waals surface area (Å²) in [5.41, 5.74) is 4.84. The number of hydrogen-bond acceptors (Lipinski definition) is 2. The molecule has 0 bridgehead atoms. The van der Waals surface area contributed by atoms with Crippen LogP contribution in [0.15, 0.2) is 16.5 Å². The van der Waals surface area contributed by atoms with E-state index in [0.717, 1.165) is 0 Å². The van der Waals surface area contributed by atoms with Crippen LogP contribution in [-0.2, 0) is 0 Å². The van der Waals surface area contributed by atoms with Crippen LogP contribution in [0.3, 0.4) is 0 Å². The topological polar surface area (TPSA) is 56.2 Å². The molecular weight excluding hydrogens is 142 g/mol. The summed E-state index contributed by atoms with van der Waals surface area (Å²) >= 11 is 5.33. The van der Waals surface area contributed by atoms with E-state index in [0.29, 0.717) is 0 Å². The molecule has 1 aromatic rings. The highest BCUT2D eigenvalue weighted by Gasteiger charge is 2.03. The van der Waals surface area contributed by atoms with E-state index < -0.39 is 5.91 Å². The monoisotopic (exact) mass is 145 g/mol. The summed E-state index contributed by atoms with van der Waals surface area (Å²) < 4.78 is 4.64. The largest absolute Gasteiger partial charge is 0.440 e. The van der Waals surface area contributed by atoms with Crippen LogP contribution in [0.5, 0.6) is 0 Å². The zero-order valence-corrected chi connectivity index (χ0v) is 5.18. The van der Waals surface area contributed by atoms with Crippen molar-refractivity contribution in [3.8, 4) is 0 Å². The molecule has 1 heterocycles. The van der Waals surface area contributed by atoms with Gasteiger partial charge in [-0.05, 0) is 23.7 Å². The molecule has 0 fully saturated rings. The number of primary amides is 1. The predicted molar refractivity (Wildman–Crippen MR) is 32.2 cm³/mol. The van der Waals surface area contributed by atoms with Gasteiger partial charge in [-0.1, -0.05) is 0 Å². The van der Waals surface area contributed by atoms with Gasteiger partial charge in [0.2, 0.25) is 0 Å². The van der Waals surface area contributed by atoms with Gasteiger partial charge in [0.05, 0.1) is 0 Å². The first-order valence-corrected chi connectivity index (χ1v) is 2.63. The lowest BCUT2D eigenvalue weighted by atomic mass is 10.4. The standard InChI is InChI=1S/C5H4ClNO2/c6-4-2-1-3(9-4)5(7)8/h1-2H,(H2,7,8). The second-order valence-electron chi connectivity index (χ2n) is 1.47. The molecule has 48 valence electrons. The Balaban J connectivity index is 2.98. The minimum atomic E-state index is -0.609. The first-order chi connectivity index (χ1) is 4.20. The lowest BCUT2D eigenvalue weighted by Gasteiger charge is -1.82. The molecule has 0 saturated heterocycles. The second-order valence-corrected chi connectivity index (χ2v) is 1.84. The molecule has 0 atom stereocenters. The molecule has 9 heavy (non-hydrogen) atoms. The molecule has 0 saturated carbocycles. The third kappa shape index (κ3) is 1.23. The van der Waals surface area contributed by atoms with Crippen molar-refractivity contribution in [1.29, 1.82) is 0 Å². The second kappa shape index (κ2) is 2.11. The molecule has 2 N–H and O–H groups in total. The third-order valence-electron chi connectivity index (χ3n) is 0.816. The molecule has 1 amide bonds. The first-order valence-electron chi connectivity index (χ1n) is 2.25. The third-order valence-corrected chi connectivity index (χ3v) is 1.02. The fourth-order valence-electron chi connectivity index (χ4n) is 0.447. The summed E-state index contributed by atoms with van der Waals surface area (Å²) in [5, 5.41) is 0.170. The molecule has 0 radical (unpaired) electrons. The molecule has 1 aromatic heterocycles. The predicted octanol–water partition coefficient (Wildman–Crippen LogP) is 1.03. The number of amides is 1. The van der Waals surface area contributed by atoms with E-state index in [1.165, 1.54) is 12.1 Å². The molecule has 0 aliphatic rings. The Morgan fingerprint density at radius 1 is 1.67 bits per heavy atom. The average Bonchev–Trinajstić information content (AvgIpc) is 2.14. The maximum absolute atomic E-state index is 10.3. The Morgan fingerprint density at radius 3 is 2.56 bits per heavy atom. The normalized spacial score (nSPS) is 9.44. The van der Waals surface area contributed by atoms with Crippen molar-refractivity contribution < 1.29 is 9.21 Å². The van der Waals surface area contributed by atoms with Crippen molar-refractivity contribution >= 4 is 17.5 Å². The van der Waals surface area contributed by atoms with Crippen LogP contribution in [-0.4, -0.2) is 5.91 Å². The van der Waals surface area contributed by atoms with Gasteiger partial charge in [0.15, 0.2) is 11.0 Å². The summed E-state index contributed by atoms with van der Waals surface area (Å²) in [6, 6.07) is 2.88. The summed E-state index contributed by atoms with van der Waals surface area (Å²) in [5.74, 6) is -0.526. The number of rotatable bonds is 1. The van der Waals surface area contributed by atoms with Crippen molar-refractivity contribution in [3.63, 3.8) is 0 Å². The van der Waals surface area contributed by atoms with Crippen LogP contribution in [0.2, 0.25) is 5.22 Å². The highest BCUT2D eigenvalue weighted by molar-refractivity contribution is 6.29. The Kier molecular flexibility index (Phi) is 1.44. The van der Waals surface area contributed by atoms with Crippen LogP contribution in [0.25, 0.3) is 0 Å².